The molecule has 0 aromatic carbocycles. The lowest BCUT2D eigenvalue weighted by Crippen LogP contribution is -2.35. The van der Waals surface area contributed by atoms with E-state index in [1.165, 1.54) is 38.6 Å². The SMILES string of the molecule is CCCCCC(C)NCCN1CCC(OC)C1. The van der Waals surface area contributed by atoms with Crippen LogP contribution >= 0.6 is 0 Å². The molecule has 0 amide bonds. The number of nitrogens with zero attached hydrogens (tertiary/aromatic N) is 1. The fourth-order valence-electron chi connectivity index (χ4n) is 2.46. The zero-order valence-corrected chi connectivity index (χ0v) is 11.9. The maximum absolute atomic E-state index is 5.37. The van der Waals surface area contributed by atoms with E-state index < -0.39 is 0 Å². The minimum Gasteiger partial charge on any atom is -0.380 e. The molecule has 102 valence electrons. The van der Waals surface area contributed by atoms with Gasteiger partial charge in [0.1, 0.15) is 0 Å². The van der Waals surface area contributed by atoms with Crippen LogP contribution in [0.5, 0.6) is 0 Å². The van der Waals surface area contributed by atoms with Crippen molar-refractivity contribution >= 4 is 0 Å². The van der Waals surface area contributed by atoms with E-state index in [-0.39, 0.29) is 0 Å². The summed E-state index contributed by atoms with van der Waals surface area (Å²) < 4.78 is 5.37. The molecule has 0 spiro atoms. The Kier molecular flexibility index (Phi) is 7.82. The highest BCUT2D eigenvalue weighted by Crippen LogP contribution is 2.10. The number of nitrogens with one attached hydrogen (secondary N) is 1. The molecular formula is C14H30N2O. The highest BCUT2D eigenvalue weighted by atomic mass is 16.5. The van der Waals surface area contributed by atoms with Crippen molar-refractivity contribution in [2.75, 3.05) is 33.3 Å². The Morgan fingerprint density at radius 2 is 2.24 bits per heavy atom. The predicted octanol–water partition coefficient (Wildman–Crippen LogP) is 2.27. The third kappa shape index (κ3) is 6.39. The monoisotopic (exact) mass is 242 g/mol. The zero-order valence-electron chi connectivity index (χ0n) is 11.9. The topological polar surface area (TPSA) is 24.5 Å². The van der Waals surface area contributed by atoms with Crippen molar-refractivity contribution in [2.24, 2.45) is 0 Å². The zero-order chi connectivity index (χ0) is 12.5. The van der Waals surface area contributed by atoms with Crippen LogP contribution in [0, 0.1) is 0 Å². The molecule has 0 radical (unpaired) electrons. The van der Waals surface area contributed by atoms with E-state index in [2.05, 4.69) is 24.1 Å². The van der Waals surface area contributed by atoms with Crippen LogP contribution in [0.3, 0.4) is 0 Å². The number of likely N-dealkylation sites (tertiary alicyclic amines) is 1. The quantitative estimate of drug-likeness (QED) is 0.628. The van der Waals surface area contributed by atoms with Crippen molar-refractivity contribution in [3.8, 4) is 0 Å². The maximum Gasteiger partial charge on any atom is 0.0710 e. The molecule has 1 rings (SSSR count). The normalized spacial score (nSPS) is 23.1. The van der Waals surface area contributed by atoms with Crippen molar-refractivity contribution in [2.45, 2.75) is 58.1 Å². The molecule has 3 heteroatoms. The summed E-state index contributed by atoms with van der Waals surface area (Å²) in [6, 6.07) is 0.669. The molecule has 1 aliphatic rings. The van der Waals surface area contributed by atoms with Gasteiger partial charge in [-0.25, -0.2) is 0 Å². The summed E-state index contributed by atoms with van der Waals surface area (Å²) in [5, 5.41) is 3.62. The van der Waals surface area contributed by atoms with Gasteiger partial charge in [0.15, 0.2) is 0 Å². The van der Waals surface area contributed by atoms with E-state index in [1.807, 2.05) is 7.11 Å². The van der Waals surface area contributed by atoms with Crippen LogP contribution in [0.1, 0.15) is 46.0 Å². The first-order valence-corrected chi connectivity index (χ1v) is 7.24. The molecule has 2 unspecified atom stereocenters. The lowest BCUT2D eigenvalue weighted by Gasteiger charge is -2.18. The van der Waals surface area contributed by atoms with E-state index in [0.29, 0.717) is 12.1 Å². The molecule has 1 fully saturated rings. The van der Waals surface area contributed by atoms with Crippen molar-refractivity contribution < 1.29 is 4.74 Å². The molecule has 17 heavy (non-hydrogen) atoms. The smallest absolute Gasteiger partial charge is 0.0710 e. The molecule has 3 nitrogen and oxygen atoms in total. The van der Waals surface area contributed by atoms with Gasteiger partial charge in [-0.05, 0) is 19.8 Å². The van der Waals surface area contributed by atoms with Crippen LogP contribution < -0.4 is 5.32 Å². The summed E-state index contributed by atoms with van der Waals surface area (Å²) in [6.45, 7) is 9.16. The second kappa shape index (κ2) is 8.90. The summed E-state index contributed by atoms with van der Waals surface area (Å²) >= 11 is 0. The van der Waals surface area contributed by atoms with E-state index in [4.69, 9.17) is 4.74 Å². The Bertz CT molecular complexity index is 187. The van der Waals surface area contributed by atoms with Gasteiger partial charge in [-0.3, -0.25) is 4.90 Å². The number of ether oxygens (including phenoxy) is 1. The van der Waals surface area contributed by atoms with Crippen LogP contribution in [0.15, 0.2) is 0 Å². The molecule has 0 aromatic heterocycles. The maximum atomic E-state index is 5.37. The second-order valence-electron chi connectivity index (χ2n) is 5.30. The number of unbranched alkanes of at least 4 members (excludes halogenated alkanes) is 2. The number of rotatable bonds is 9. The minimum absolute atomic E-state index is 0.469. The molecule has 0 aliphatic carbocycles. The Balaban J connectivity index is 1.96. The number of hydrogen-bond acceptors (Lipinski definition) is 3. The van der Waals surface area contributed by atoms with Crippen molar-refractivity contribution in [1.29, 1.82) is 0 Å². The average molecular weight is 242 g/mol. The molecule has 0 bridgehead atoms. The van der Waals surface area contributed by atoms with Crippen LogP contribution in [-0.2, 0) is 4.74 Å². The van der Waals surface area contributed by atoms with Gasteiger partial charge in [-0.15, -0.1) is 0 Å². The molecule has 1 aliphatic heterocycles. The van der Waals surface area contributed by atoms with E-state index in [9.17, 15) is 0 Å². The van der Waals surface area contributed by atoms with Crippen LogP contribution in [-0.4, -0.2) is 50.3 Å². The molecular weight excluding hydrogens is 212 g/mol. The van der Waals surface area contributed by atoms with Crippen molar-refractivity contribution in [3.05, 3.63) is 0 Å². The van der Waals surface area contributed by atoms with Gasteiger partial charge in [0.25, 0.3) is 0 Å². The van der Waals surface area contributed by atoms with Crippen molar-refractivity contribution in [3.63, 3.8) is 0 Å². The number of hydrogen-bond donors (Lipinski definition) is 1. The third-order valence-electron chi connectivity index (χ3n) is 3.72. The second-order valence-corrected chi connectivity index (χ2v) is 5.30. The summed E-state index contributed by atoms with van der Waals surface area (Å²) in [6.07, 6.45) is 7.03. The Hall–Kier alpha value is -0.120. The molecule has 1 N–H and O–H groups in total. The van der Waals surface area contributed by atoms with Gasteiger partial charge in [-0.1, -0.05) is 26.2 Å². The highest BCUT2D eigenvalue weighted by Gasteiger charge is 2.21. The summed E-state index contributed by atoms with van der Waals surface area (Å²) in [7, 11) is 1.82. The van der Waals surface area contributed by atoms with E-state index in [1.54, 1.807) is 0 Å². The molecule has 0 saturated carbocycles. The van der Waals surface area contributed by atoms with Crippen LogP contribution in [0.4, 0.5) is 0 Å². The van der Waals surface area contributed by atoms with Crippen LogP contribution in [0.25, 0.3) is 0 Å². The minimum atomic E-state index is 0.469. The van der Waals surface area contributed by atoms with E-state index in [0.717, 1.165) is 19.6 Å². The molecule has 2 atom stereocenters. The van der Waals surface area contributed by atoms with Gasteiger partial charge >= 0.3 is 0 Å². The number of methoxy groups -OCH3 is 1. The first-order valence-electron chi connectivity index (χ1n) is 7.24. The summed E-state index contributed by atoms with van der Waals surface area (Å²) in [4.78, 5) is 2.50. The van der Waals surface area contributed by atoms with Gasteiger partial charge in [0.05, 0.1) is 6.10 Å². The van der Waals surface area contributed by atoms with Crippen molar-refractivity contribution in [1.82, 2.24) is 10.2 Å². The summed E-state index contributed by atoms with van der Waals surface area (Å²) in [5.41, 5.74) is 0. The fourth-order valence-corrected chi connectivity index (χ4v) is 2.46. The molecule has 1 heterocycles. The molecule has 0 aromatic rings. The van der Waals surface area contributed by atoms with Gasteiger partial charge in [0.2, 0.25) is 0 Å². The Morgan fingerprint density at radius 1 is 1.41 bits per heavy atom. The predicted molar refractivity (Wildman–Crippen MR) is 73.5 cm³/mol. The standard InChI is InChI=1S/C14H30N2O/c1-4-5-6-7-13(2)15-9-11-16-10-8-14(12-16)17-3/h13-15H,4-12H2,1-3H3. The summed E-state index contributed by atoms with van der Waals surface area (Å²) in [5.74, 6) is 0. The first-order chi connectivity index (χ1) is 8.26. The van der Waals surface area contributed by atoms with E-state index >= 15 is 0 Å². The van der Waals surface area contributed by atoms with Gasteiger partial charge < -0.3 is 10.1 Å². The lowest BCUT2D eigenvalue weighted by molar-refractivity contribution is 0.108. The van der Waals surface area contributed by atoms with Gasteiger partial charge in [0, 0.05) is 39.3 Å². The average Bonchev–Trinajstić information content (AvgIpc) is 2.77. The highest BCUT2D eigenvalue weighted by molar-refractivity contribution is 4.76. The largest absolute Gasteiger partial charge is 0.380 e. The lowest BCUT2D eigenvalue weighted by atomic mass is 10.1. The Labute approximate surface area is 107 Å². The third-order valence-corrected chi connectivity index (χ3v) is 3.72. The Morgan fingerprint density at radius 3 is 2.88 bits per heavy atom. The van der Waals surface area contributed by atoms with Gasteiger partial charge in [-0.2, -0.15) is 0 Å². The first kappa shape index (κ1) is 14.9. The molecule has 1 saturated heterocycles. The fraction of sp³-hybridized carbons (Fsp3) is 1.00. The van der Waals surface area contributed by atoms with Crippen LogP contribution in [0.2, 0.25) is 0 Å².